The van der Waals surface area contributed by atoms with Gasteiger partial charge in [0.05, 0.1) is 0 Å². The minimum Gasteiger partial charge on any atom is -0.655 e. The van der Waals surface area contributed by atoms with Crippen LogP contribution in [0.2, 0.25) is 0 Å². The summed E-state index contributed by atoms with van der Waals surface area (Å²) in [6, 6.07) is 2.48. The molecule has 0 aromatic heterocycles. The van der Waals surface area contributed by atoms with Crippen molar-refractivity contribution in [3.8, 4) is 0 Å². The molecule has 5 saturated carbocycles. The third-order valence-corrected chi connectivity index (χ3v) is 14.4. The van der Waals surface area contributed by atoms with Crippen molar-refractivity contribution >= 4 is 0 Å². The largest absolute Gasteiger partial charge is 0.655 e. The van der Waals surface area contributed by atoms with E-state index in [9.17, 15) is 0 Å². The maximum Gasteiger partial charge on any atom is 0 e. The topological polar surface area (TPSA) is 26.1 Å². The third kappa shape index (κ3) is 9.53. The van der Waals surface area contributed by atoms with E-state index in [0.717, 1.165) is 65.2 Å². The molecule has 5 aliphatic carbocycles. The molecule has 260 valence electrons. The molecular formula is C42H75HfN2-3. The van der Waals surface area contributed by atoms with E-state index in [1.54, 1.807) is 6.92 Å². The van der Waals surface area contributed by atoms with E-state index in [4.69, 9.17) is 5.32 Å². The Morgan fingerprint density at radius 2 is 1.11 bits per heavy atom. The second kappa shape index (κ2) is 19.3. The van der Waals surface area contributed by atoms with Crippen LogP contribution < -0.4 is 5.32 Å². The van der Waals surface area contributed by atoms with Gasteiger partial charge in [0.1, 0.15) is 0 Å². The van der Waals surface area contributed by atoms with Crippen LogP contribution in [-0.2, 0) is 25.8 Å². The predicted octanol–water partition coefficient (Wildman–Crippen LogP) is 12.0. The molecule has 6 aliphatic rings. The molecule has 1 heterocycles. The number of piperidine rings is 1. The molecule has 0 aromatic carbocycles. The summed E-state index contributed by atoms with van der Waals surface area (Å²) in [7, 11) is 0. The van der Waals surface area contributed by atoms with Gasteiger partial charge in [-0.05, 0) is 60.9 Å². The van der Waals surface area contributed by atoms with Crippen molar-refractivity contribution in [2.45, 2.75) is 194 Å². The van der Waals surface area contributed by atoms with Gasteiger partial charge < -0.3 is 24.0 Å². The Bertz CT molecular complexity index is 789. The number of nitrogens with zero attached hydrogens (tertiary/aromatic N) is 1. The molecular weight excluding hydrogens is 711 g/mol. The smallest absolute Gasteiger partial charge is 0 e. The summed E-state index contributed by atoms with van der Waals surface area (Å²) >= 11 is 0. The van der Waals surface area contributed by atoms with E-state index in [1.807, 2.05) is 0 Å². The monoisotopic (exact) mass is 788 g/mol. The average Bonchev–Trinajstić information content (AvgIpc) is 3.08. The minimum absolute atomic E-state index is 0. The van der Waals surface area contributed by atoms with E-state index in [2.05, 4.69) is 46.4 Å². The van der Waals surface area contributed by atoms with E-state index < -0.39 is 0 Å². The zero-order chi connectivity index (χ0) is 31.1. The van der Waals surface area contributed by atoms with Crippen molar-refractivity contribution < 1.29 is 25.8 Å². The molecule has 6 fully saturated rings. The van der Waals surface area contributed by atoms with Crippen molar-refractivity contribution in [1.29, 1.82) is 0 Å². The molecule has 6 rings (SSSR count). The first kappa shape index (κ1) is 38.6. The summed E-state index contributed by atoms with van der Waals surface area (Å²) in [6.45, 7) is 15.1. The van der Waals surface area contributed by atoms with Crippen LogP contribution in [0.5, 0.6) is 0 Å². The fourth-order valence-corrected chi connectivity index (χ4v) is 12.2. The molecule has 1 saturated heterocycles. The van der Waals surface area contributed by atoms with Crippen LogP contribution in [0.3, 0.4) is 0 Å². The van der Waals surface area contributed by atoms with Crippen LogP contribution >= 0.6 is 0 Å². The van der Waals surface area contributed by atoms with Crippen LogP contribution in [0.4, 0.5) is 0 Å². The first-order valence-corrected chi connectivity index (χ1v) is 20.5. The zero-order valence-electron chi connectivity index (χ0n) is 30.7. The molecule has 0 bridgehead atoms. The summed E-state index contributed by atoms with van der Waals surface area (Å²) in [5, 5.41) is 10.9. The fraction of sp³-hybridized carbons (Fsp3) is 0.952. The predicted molar refractivity (Wildman–Crippen MR) is 192 cm³/mol. The summed E-state index contributed by atoms with van der Waals surface area (Å²) in [4.78, 5) is 0. The summed E-state index contributed by atoms with van der Waals surface area (Å²) in [5.74, 6) is 8.68. The van der Waals surface area contributed by atoms with Crippen LogP contribution in [0.25, 0.3) is 5.32 Å². The molecule has 0 aromatic rings. The van der Waals surface area contributed by atoms with Gasteiger partial charge in [0.15, 0.2) is 0 Å². The Morgan fingerprint density at radius 1 is 0.578 bits per heavy atom. The summed E-state index contributed by atoms with van der Waals surface area (Å²) < 4.78 is 0. The van der Waals surface area contributed by atoms with Gasteiger partial charge in [0, 0.05) is 25.8 Å². The molecule has 45 heavy (non-hydrogen) atoms. The van der Waals surface area contributed by atoms with E-state index in [-0.39, 0.29) is 25.8 Å². The first-order chi connectivity index (χ1) is 21.5. The quantitative estimate of drug-likeness (QED) is 0.192. The standard InChI is InChI=1S/C40H70N2.C2H5.Hf/c1-27(2)31-22-13-23-32(28(3)4)39(31)42-40(36-21-11-10-20-34(36)29-15-6-5-7-16-29)38-26-14-25-37(41-38)35-24-12-18-30-17-8-9-19-33(30)35;1-2;/h24,27-41H,5-23,25-26H2,1-4H3;1H2,2H3;/q-2;-1;. The number of hydrogen-bond acceptors (Lipinski definition) is 1. The van der Waals surface area contributed by atoms with E-state index in [1.165, 1.54) is 135 Å². The average molecular weight is 787 g/mol. The molecule has 3 heteroatoms. The van der Waals surface area contributed by atoms with Crippen molar-refractivity contribution in [3.63, 3.8) is 0 Å². The van der Waals surface area contributed by atoms with Gasteiger partial charge in [0.25, 0.3) is 0 Å². The van der Waals surface area contributed by atoms with E-state index >= 15 is 0 Å². The van der Waals surface area contributed by atoms with Gasteiger partial charge in [-0.3, -0.25) is 0 Å². The van der Waals surface area contributed by atoms with Gasteiger partial charge in [-0.1, -0.05) is 161 Å². The molecule has 0 spiro atoms. The van der Waals surface area contributed by atoms with Crippen molar-refractivity contribution in [3.05, 3.63) is 18.7 Å². The molecule has 10 unspecified atom stereocenters. The first-order valence-electron chi connectivity index (χ1n) is 20.5. The van der Waals surface area contributed by atoms with Crippen molar-refractivity contribution in [2.75, 3.05) is 0 Å². The third-order valence-electron chi connectivity index (χ3n) is 14.4. The second-order valence-corrected chi connectivity index (χ2v) is 17.3. The van der Waals surface area contributed by atoms with E-state index in [0.29, 0.717) is 18.1 Å². The van der Waals surface area contributed by atoms with Gasteiger partial charge >= 0.3 is 0 Å². The molecule has 1 aliphatic heterocycles. The zero-order valence-corrected chi connectivity index (χ0v) is 34.3. The van der Waals surface area contributed by atoms with Crippen LogP contribution in [0.1, 0.15) is 169 Å². The van der Waals surface area contributed by atoms with Crippen LogP contribution in [-0.4, -0.2) is 24.2 Å². The molecule has 0 radical (unpaired) electrons. The second-order valence-electron chi connectivity index (χ2n) is 17.3. The molecule has 0 amide bonds. The number of fused-ring (bicyclic) bond motifs is 1. The van der Waals surface area contributed by atoms with Gasteiger partial charge in [0.2, 0.25) is 0 Å². The van der Waals surface area contributed by atoms with Crippen LogP contribution in [0, 0.1) is 72.5 Å². The van der Waals surface area contributed by atoms with Gasteiger partial charge in [-0.15, -0.1) is 18.0 Å². The van der Waals surface area contributed by atoms with Crippen LogP contribution in [0.15, 0.2) is 0 Å². The summed E-state index contributed by atoms with van der Waals surface area (Å²) in [6.07, 6.45) is 33.6. The molecule has 2 nitrogen and oxygen atoms in total. The normalized spacial score (nSPS) is 40.5. The summed E-state index contributed by atoms with van der Waals surface area (Å²) in [5.41, 5.74) is 0. The maximum atomic E-state index is 6.32. The number of hydrogen-bond donors (Lipinski definition) is 1. The minimum atomic E-state index is 0. The Morgan fingerprint density at radius 3 is 1.78 bits per heavy atom. The Kier molecular flexibility index (Phi) is 16.5. The Hall–Kier alpha value is 0.790. The molecule has 1 N–H and O–H groups in total. The number of nitrogens with one attached hydrogen (secondary N) is 1. The number of rotatable bonds is 8. The Balaban J connectivity index is 0.00000151. The maximum absolute atomic E-state index is 6.32. The van der Waals surface area contributed by atoms with Gasteiger partial charge in [-0.2, -0.15) is 13.3 Å². The Labute approximate surface area is 301 Å². The van der Waals surface area contributed by atoms with Crippen molar-refractivity contribution in [2.24, 2.45) is 59.2 Å². The SMILES string of the molecule is CC(C)C1CCCC(C(C)C)C1[N-]C(C1CCCC(C2[CH-]CCC3CCCCC32)N1)C1CCCCC1C1CCCCC1.[CH2-]C.[Hf]. The van der Waals surface area contributed by atoms with Gasteiger partial charge in [-0.25, -0.2) is 0 Å². The van der Waals surface area contributed by atoms with Crippen molar-refractivity contribution in [1.82, 2.24) is 5.32 Å². The molecule has 10 atom stereocenters. The fourth-order valence-electron chi connectivity index (χ4n) is 12.2.